The highest BCUT2D eigenvalue weighted by Gasteiger charge is 1.97. The molecule has 0 aromatic heterocycles. The molecule has 4 heteroatoms. The van der Waals surface area contributed by atoms with E-state index in [0.29, 0.717) is 0 Å². The zero-order chi connectivity index (χ0) is 8.69. The summed E-state index contributed by atoms with van der Waals surface area (Å²) in [5.74, 6) is -1.41. The second kappa shape index (κ2) is 5.46. The molecule has 0 atom stereocenters. The van der Waals surface area contributed by atoms with Gasteiger partial charge in [-0.2, -0.15) is 0 Å². The van der Waals surface area contributed by atoms with Gasteiger partial charge in [0.15, 0.2) is 0 Å². The van der Waals surface area contributed by atoms with Crippen LogP contribution in [0.15, 0.2) is 12.2 Å². The van der Waals surface area contributed by atoms with E-state index < -0.39 is 5.97 Å². The molecule has 0 saturated carbocycles. The molecular formula is C7H11NO3. The summed E-state index contributed by atoms with van der Waals surface area (Å²) in [6.07, 6.45) is 3.75. The van der Waals surface area contributed by atoms with E-state index in [4.69, 9.17) is 5.11 Å². The molecule has 0 aromatic rings. The van der Waals surface area contributed by atoms with Crippen molar-refractivity contribution in [2.24, 2.45) is 0 Å². The van der Waals surface area contributed by atoms with Gasteiger partial charge in [0, 0.05) is 0 Å². The van der Waals surface area contributed by atoms with E-state index in [1.165, 1.54) is 6.08 Å². The third kappa shape index (κ3) is 6.57. The van der Waals surface area contributed by atoms with Crippen LogP contribution >= 0.6 is 0 Å². The number of allylic oxidation sites excluding steroid dienone is 1. The molecule has 0 heterocycles. The number of carbonyl (C=O) groups is 2. The summed E-state index contributed by atoms with van der Waals surface area (Å²) < 4.78 is 0. The van der Waals surface area contributed by atoms with Gasteiger partial charge in [0.05, 0.1) is 0 Å². The average molecular weight is 157 g/mol. The zero-order valence-corrected chi connectivity index (χ0v) is 6.33. The maximum atomic E-state index is 10.6. The van der Waals surface area contributed by atoms with Crippen molar-refractivity contribution in [3.05, 3.63) is 12.2 Å². The van der Waals surface area contributed by atoms with Crippen LogP contribution in [-0.4, -0.2) is 23.5 Å². The fourth-order valence-electron chi connectivity index (χ4n) is 0.447. The van der Waals surface area contributed by atoms with E-state index in [1.807, 2.05) is 6.92 Å². The standard InChI is InChI=1S/C7H11NO3/c1-2-3-4-6(9)8-5-7(10)11/h3-4H,2,5H2,1H3,(H,8,9)(H,10,11)/b4-3+. The third-order valence-electron chi connectivity index (χ3n) is 0.919. The summed E-state index contributed by atoms with van der Waals surface area (Å²) in [7, 11) is 0. The topological polar surface area (TPSA) is 66.4 Å². The van der Waals surface area contributed by atoms with E-state index in [9.17, 15) is 9.59 Å². The van der Waals surface area contributed by atoms with Crippen LogP contribution in [0.5, 0.6) is 0 Å². The lowest BCUT2D eigenvalue weighted by atomic mass is 10.4. The van der Waals surface area contributed by atoms with E-state index in [-0.39, 0.29) is 12.5 Å². The molecule has 0 aliphatic rings. The molecule has 4 nitrogen and oxygen atoms in total. The van der Waals surface area contributed by atoms with Crippen molar-refractivity contribution in [1.29, 1.82) is 0 Å². The number of carboxylic acids is 1. The van der Waals surface area contributed by atoms with Crippen molar-refractivity contribution in [2.45, 2.75) is 13.3 Å². The Balaban J connectivity index is 3.53. The normalized spacial score (nSPS) is 9.91. The number of hydrogen-bond acceptors (Lipinski definition) is 2. The Morgan fingerprint density at radius 1 is 1.55 bits per heavy atom. The fourth-order valence-corrected chi connectivity index (χ4v) is 0.447. The Labute approximate surface area is 64.9 Å². The molecule has 11 heavy (non-hydrogen) atoms. The number of amides is 1. The van der Waals surface area contributed by atoms with E-state index >= 15 is 0 Å². The maximum absolute atomic E-state index is 10.6. The third-order valence-corrected chi connectivity index (χ3v) is 0.919. The molecule has 0 aromatic carbocycles. The Hall–Kier alpha value is -1.32. The molecule has 0 bridgehead atoms. The first-order valence-corrected chi connectivity index (χ1v) is 3.33. The second-order valence-electron chi connectivity index (χ2n) is 1.92. The van der Waals surface area contributed by atoms with Crippen molar-refractivity contribution in [3.8, 4) is 0 Å². The predicted molar refractivity (Wildman–Crippen MR) is 40.1 cm³/mol. The average Bonchev–Trinajstić information content (AvgIpc) is 1.97. The number of rotatable bonds is 4. The van der Waals surface area contributed by atoms with Gasteiger partial charge in [-0.25, -0.2) is 0 Å². The Morgan fingerprint density at radius 3 is 2.64 bits per heavy atom. The van der Waals surface area contributed by atoms with E-state index in [0.717, 1.165) is 6.42 Å². The van der Waals surface area contributed by atoms with Crippen molar-refractivity contribution >= 4 is 11.9 Å². The van der Waals surface area contributed by atoms with Gasteiger partial charge in [-0.3, -0.25) is 9.59 Å². The monoisotopic (exact) mass is 157 g/mol. The van der Waals surface area contributed by atoms with E-state index in [1.54, 1.807) is 6.08 Å². The molecule has 0 unspecified atom stereocenters. The summed E-state index contributed by atoms with van der Waals surface area (Å²) in [4.78, 5) is 20.6. The van der Waals surface area contributed by atoms with Crippen LogP contribution in [0.4, 0.5) is 0 Å². The lowest BCUT2D eigenvalue weighted by Gasteiger charge is -1.94. The highest BCUT2D eigenvalue weighted by atomic mass is 16.4. The van der Waals surface area contributed by atoms with Crippen LogP contribution < -0.4 is 5.32 Å². The minimum atomic E-state index is -1.04. The molecule has 0 fully saturated rings. The summed E-state index contributed by atoms with van der Waals surface area (Å²) in [6.45, 7) is 1.56. The fraction of sp³-hybridized carbons (Fsp3) is 0.429. The molecule has 0 aliphatic heterocycles. The molecule has 0 radical (unpaired) electrons. The summed E-state index contributed by atoms with van der Waals surface area (Å²) in [5.41, 5.74) is 0. The van der Waals surface area contributed by atoms with Crippen LogP contribution in [0, 0.1) is 0 Å². The first-order chi connectivity index (χ1) is 5.16. The van der Waals surface area contributed by atoms with Crippen molar-refractivity contribution in [2.75, 3.05) is 6.54 Å². The van der Waals surface area contributed by atoms with Crippen LogP contribution in [0.3, 0.4) is 0 Å². The van der Waals surface area contributed by atoms with Gasteiger partial charge in [0.25, 0.3) is 0 Å². The largest absolute Gasteiger partial charge is 0.480 e. The van der Waals surface area contributed by atoms with Crippen molar-refractivity contribution in [1.82, 2.24) is 5.32 Å². The van der Waals surface area contributed by atoms with Gasteiger partial charge >= 0.3 is 5.97 Å². The number of aliphatic carboxylic acids is 1. The number of carbonyl (C=O) groups excluding carboxylic acids is 1. The molecule has 0 spiro atoms. The van der Waals surface area contributed by atoms with E-state index in [2.05, 4.69) is 5.32 Å². The van der Waals surface area contributed by atoms with Gasteiger partial charge < -0.3 is 10.4 Å². The van der Waals surface area contributed by atoms with Crippen LogP contribution in [-0.2, 0) is 9.59 Å². The van der Waals surface area contributed by atoms with Gasteiger partial charge in [-0.15, -0.1) is 0 Å². The molecular weight excluding hydrogens is 146 g/mol. The SMILES string of the molecule is CC/C=C/C(=O)NCC(=O)O. The minimum absolute atomic E-state index is 0.327. The predicted octanol–water partition coefficient (Wildman–Crippen LogP) is 0.153. The smallest absolute Gasteiger partial charge is 0.322 e. The molecule has 0 saturated heterocycles. The van der Waals surface area contributed by atoms with Gasteiger partial charge in [-0.05, 0) is 12.5 Å². The van der Waals surface area contributed by atoms with Gasteiger partial charge in [0.2, 0.25) is 5.91 Å². The number of hydrogen-bond donors (Lipinski definition) is 2. The lowest BCUT2D eigenvalue weighted by molar-refractivity contribution is -0.137. The molecule has 0 rings (SSSR count). The number of carboxylic acid groups (broad SMARTS) is 1. The zero-order valence-electron chi connectivity index (χ0n) is 6.33. The Bertz CT molecular complexity index is 175. The minimum Gasteiger partial charge on any atom is -0.480 e. The number of nitrogens with one attached hydrogen (secondary N) is 1. The van der Waals surface area contributed by atoms with Crippen LogP contribution in [0.25, 0.3) is 0 Å². The first-order valence-electron chi connectivity index (χ1n) is 3.33. The highest BCUT2D eigenvalue weighted by Crippen LogP contribution is 1.78. The van der Waals surface area contributed by atoms with Crippen LogP contribution in [0.2, 0.25) is 0 Å². The van der Waals surface area contributed by atoms with Crippen LogP contribution in [0.1, 0.15) is 13.3 Å². The quantitative estimate of drug-likeness (QED) is 0.571. The summed E-state index contributed by atoms with van der Waals surface area (Å²) >= 11 is 0. The van der Waals surface area contributed by atoms with Crippen molar-refractivity contribution in [3.63, 3.8) is 0 Å². The summed E-state index contributed by atoms with van der Waals surface area (Å²) in [5, 5.41) is 10.3. The molecule has 2 N–H and O–H groups in total. The molecule has 62 valence electrons. The van der Waals surface area contributed by atoms with Crippen molar-refractivity contribution < 1.29 is 14.7 Å². The lowest BCUT2D eigenvalue weighted by Crippen LogP contribution is -2.27. The first kappa shape index (κ1) is 9.68. The van der Waals surface area contributed by atoms with Gasteiger partial charge in [-0.1, -0.05) is 13.0 Å². The summed E-state index contributed by atoms with van der Waals surface area (Å²) in [6, 6.07) is 0. The van der Waals surface area contributed by atoms with Gasteiger partial charge in [0.1, 0.15) is 6.54 Å². The Kier molecular flexibility index (Phi) is 4.81. The molecule has 1 amide bonds. The second-order valence-corrected chi connectivity index (χ2v) is 1.92. The highest BCUT2D eigenvalue weighted by molar-refractivity contribution is 5.89. The molecule has 0 aliphatic carbocycles. The Morgan fingerprint density at radius 2 is 2.18 bits per heavy atom. The maximum Gasteiger partial charge on any atom is 0.322 e.